The van der Waals surface area contributed by atoms with Crippen LogP contribution in [0.15, 0.2) is 72.9 Å². The number of ether oxygens (including phenoxy) is 4. The van der Waals surface area contributed by atoms with Crippen LogP contribution in [0.4, 0.5) is 0 Å². The second-order valence-corrected chi connectivity index (χ2v) is 7.52. The Balaban J connectivity index is 1.65. The van der Waals surface area contributed by atoms with Crippen LogP contribution >= 0.6 is 0 Å². The molecule has 4 aromatic rings. The van der Waals surface area contributed by atoms with Crippen molar-refractivity contribution in [2.45, 2.75) is 0 Å². The Hall–Kier alpha value is -4.70. The Labute approximate surface area is 197 Å². The van der Waals surface area contributed by atoms with Gasteiger partial charge in [0, 0.05) is 17.3 Å². The molecule has 7 heteroatoms. The van der Waals surface area contributed by atoms with Gasteiger partial charge >= 0.3 is 0 Å². The second-order valence-electron chi connectivity index (χ2n) is 7.52. The van der Waals surface area contributed by atoms with E-state index in [0.717, 1.165) is 22.4 Å². The molecule has 7 nitrogen and oxygen atoms in total. The summed E-state index contributed by atoms with van der Waals surface area (Å²) < 4.78 is 23.5. The fourth-order valence-electron chi connectivity index (χ4n) is 3.81. The first-order valence-corrected chi connectivity index (χ1v) is 10.6. The molecule has 1 aliphatic heterocycles. The molecule has 0 atom stereocenters. The zero-order valence-electron chi connectivity index (χ0n) is 18.7. The summed E-state index contributed by atoms with van der Waals surface area (Å²) in [5, 5.41) is 14.8. The minimum absolute atomic E-state index is 0.178. The van der Waals surface area contributed by atoms with Gasteiger partial charge < -0.3 is 18.9 Å². The topological polar surface area (TPSA) is 78.5 Å². The molecule has 0 bridgehead atoms. The smallest absolute Gasteiger partial charge is 0.231 e. The van der Waals surface area contributed by atoms with E-state index in [1.807, 2.05) is 79.0 Å². The molecule has 0 saturated carbocycles. The van der Waals surface area contributed by atoms with Gasteiger partial charge in [0.1, 0.15) is 5.69 Å². The van der Waals surface area contributed by atoms with Crippen LogP contribution in [-0.2, 0) is 0 Å². The van der Waals surface area contributed by atoms with Crippen molar-refractivity contribution in [3.8, 4) is 46.0 Å². The van der Waals surface area contributed by atoms with Gasteiger partial charge in [-0.05, 0) is 60.2 Å². The number of rotatable bonds is 6. The van der Waals surface area contributed by atoms with Crippen LogP contribution in [0.25, 0.3) is 28.6 Å². The highest BCUT2D eigenvalue weighted by molar-refractivity contribution is 5.93. The Bertz CT molecular complexity index is 1420. The molecule has 0 amide bonds. The monoisotopic (exact) mass is 451 g/mol. The number of hydrogen-bond donors (Lipinski definition) is 0. The zero-order chi connectivity index (χ0) is 23.5. The van der Waals surface area contributed by atoms with Crippen molar-refractivity contribution >= 4 is 11.6 Å². The van der Waals surface area contributed by atoms with E-state index < -0.39 is 0 Å². The van der Waals surface area contributed by atoms with Crippen LogP contribution in [0.2, 0.25) is 0 Å². The third kappa shape index (κ3) is 3.93. The molecular formula is C27H21N3O4. The number of fused-ring (bicyclic) bond motifs is 1. The van der Waals surface area contributed by atoms with Gasteiger partial charge in [0.15, 0.2) is 23.0 Å². The van der Waals surface area contributed by atoms with Gasteiger partial charge in [0.05, 0.1) is 31.5 Å². The maximum absolute atomic E-state index is 9.97. The first-order chi connectivity index (χ1) is 16.7. The van der Waals surface area contributed by atoms with E-state index in [9.17, 15) is 5.26 Å². The van der Waals surface area contributed by atoms with Crippen molar-refractivity contribution in [3.63, 3.8) is 0 Å². The summed E-state index contributed by atoms with van der Waals surface area (Å²) in [6, 6.07) is 23.2. The van der Waals surface area contributed by atoms with E-state index in [2.05, 4.69) is 6.07 Å². The van der Waals surface area contributed by atoms with Crippen molar-refractivity contribution in [2.75, 3.05) is 21.0 Å². The standard InChI is InChI=1S/C27H21N3O4/c1-31-23-10-9-19(14-25(23)32-2)27-21(16-30(29-27)22-6-4-3-5-7-22)12-20(15-28)18-8-11-24-26(13-18)34-17-33-24/h3-14,16H,17H2,1-2H3/b20-12-. The van der Waals surface area contributed by atoms with Crippen LogP contribution in [0, 0.1) is 11.3 Å². The molecule has 0 unspecified atom stereocenters. The summed E-state index contributed by atoms with van der Waals surface area (Å²) in [5.41, 5.74) is 4.45. The Kier molecular flexibility index (Phi) is 5.63. The molecule has 0 saturated heterocycles. The molecule has 168 valence electrons. The lowest BCUT2D eigenvalue weighted by Gasteiger charge is -2.09. The van der Waals surface area contributed by atoms with Crippen molar-refractivity contribution in [3.05, 3.63) is 84.1 Å². The molecule has 0 spiro atoms. The largest absolute Gasteiger partial charge is 0.493 e. The summed E-state index contributed by atoms with van der Waals surface area (Å²) in [5.74, 6) is 2.52. The van der Waals surface area contributed by atoms with Crippen LogP contribution in [0.3, 0.4) is 0 Å². The fourth-order valence-corrected chi connectivity index (χ4v) is 3.81. The third-order valence-electron chi connectivity index (χ3n) is 5.52. The molecule has 0 fully saturated rings. The number of para-hydroxylation sites is 1. The zero-order valence-corrected chi connectivity index (χ0v) is 18.7. The highest BCUT2D eigenvalue weighted by Crippen LogP contribution is 2.37. The number of nitrogens with zero attached hydrogens (tertiary/aromatic N) is 3. The predicted octanol–water partition coefficient (Wildman–Crippen LogP) is 5.35. The first-order valence-electron chi connectivity index (χ1n) is 10.6. The van der Waals surface area contributed by atoms with Crippen molar-refractivity contribution in [2.24, 2.45) is 0 Å². The number of benzene rings is 3. The van der Waals surface area contributed by atoms with Crippen LogP contribution in [0.5, 0.6) is 23.0 Å². The van der Waals surface area contributed by atoms with Gasteiger partial charge in [-0.1, -0.05) is 18.2 Å². The van der Waals surface area contributed by atoms with Crippen LogP contribution in [0.1, 0.15) is 11.1 Å². The number of allylic oxidation sites excluding steroid dienone is 1. The normalized spacial score (nSPS) is 12.3. The highest BCUT2D eigenvalue weighted by atomic mass is 16.7. The van der Waals surface area contributed by atoms with E-state index in [1.165, 1.54) is 0 Å². The molecule has 0 N–H and O–H groups in total. The maximum Gasteiger partial charge on any atom is 0.231 e. The Morgan fingerprint density at radius 1 is 0.971 bits per heavy atom. The molecule has 1 aliphatic rings. The third-order valence-corrected chi connectivity index (χ3v) is 5.52. The molecule has 0 aliphatic carbocycles. The maximum atomic E-state index is 9.97. The van der Waals surface area contributed by atoms with E-state index in [0.29, 0.717) is 34.3 Å². The van der Waals surface area contributed by atoms with Crippen molar-refractivity contribution in [1.29, 1.82) is 5.26 Å². The Morgan fingerprint density at radius 3 is 2.53 bits per heavy atom. The number of methoxy groups -OCH3 is 2. The van der Waals surface area contributed by atoms with Crippen molar-refractivity contribution < 1.29 is 18.9 Å². The van der Waals surface area contributed by atoms with Gasteiger partial charge in [-0.3, -0.25) is 0 Å². The van der Waals surface area contributed by atoms with Crippen molar-refractivity contribution in [1.82, 2.24) is 9.78 Å². The van der Waals surface area contributed by atoms with Gasteiger partial charge in [0.25, 0.3) is 0 Å². The summed E-state index contributed by atoms with van der Waals surface area (Å²) in [6.07, 6.45) is 3.74. The van der Waals surface area contributed by atoms with E-state index in [4.69, 9.17) is 24.0 Å². The quantitative estimate of drug-likeness (QED) is 0.368. The second kappa shape index (κ2) is 9.04. The van der Waals surface area contributed by atoms with Gasteiger partial charge in [-0.2, -0.15) is 10.4 Å². The molecular weight excluding hydrogens is 430 g/mol. The minimum atomic E-state index is 0.178. The number of hydrogen-bond acceptors (Lipinski definition) is 6. The van der Waals surface area contributed by atoms with E-state index in [-0.39, 0.29) is 6.79 Å². The lowest BCUT2D eigenvalue weighted by Crippen LogP contribution is -1.95. The van der Waals surface area contributed by atoms with E-state index in [1.54, 1.807) is 18.9 Å². The van der Waals surface area contributed by atoms with Gasteiger partial charge in [-0.15, -0.1) is 0 Å². The first kappa shape index (κ1) is 21.2. The lowest BCUT2D eigenvalue weighted by atomic mass is 10.0. The summed E-state index contributed by atoms with van der Waals surface area (Å²) in [6.45, 7) is 0.178. The molecule has 2 heterocycles. The minimum Gasteiger partial charge on any atom is -0.493 e. The average molecular weight is 451 g/mol. The SMILES string of the molecule is COc1ccc(-c2nn(-c3ccccc3)cc2/C=C(/C#N)c2ccc3c(c2)OCO3)cc1OC. The summed E-state index contributed by atoms with van der Waals surface area (Å²) >= 11 is 0. The lowest BCUT2D eigenvalue weighted by molar-refractivity contribution is 0.174. The molecule has 3 aromatic carbocycles. The van der Waals surface area contributed by atoms with Crippen LogP contribution < -0.4 is 18.9 Å². The van der Waals surface area contributed by atoms with Crippen LogP contribution in [-0.4, -0.2) is 30.8 Å². The number of nitriles is 1. The highest BCUT2D eigenvalue weighted by Gasteiger charge is 2.17. The molecule has 5 rings (SSSR count). The molecule has 0 radical (unpaired) electrons. The fraction of sp³-hybridized carbons (Fsp3) is 0.111. The molecule has 1 aromatic heterocycles. The Morgan fingerprint density at radius 2 is 1.76 bits per heavy atom. The summed E-state index contributed by atoms with van der Waals surface area (Å²) in [7, 11) is 3.19. The van der Waals surface area contributed by atoms with Gasteiger partial charge in [-0.25, -0.2) is 4.68 Å². The number of aromatic nitrogens is 2. The van der Waals surface area contributed by atoms with Gasteiger partial charge in [0.2, 0.25) is 6.79 Å². The predicted molar refractivity (Wildman–Crippen MR) is 128 cm³/mol. The summed E-state index contributed by atoms with van der Waals surface area (Å²) in [4.78, 5) is 0. The molecule has 34 heavy (non-hydrogen) atoms. The average Bonchev–Trinajstić information content (AvgIpc) is 3.54. The van der Waals surface area contributed by atoms with E-state index >= 15 is 0 Å².